The second kappa shape index (κ2) is 5.61. The molecular formula is C6H7Cl2F4N3OS. The molecule has 0 aliphatic heterocycles. The molecule has 11 heteroatoms. The van der Waals surface area contributed by atoms with E-state index in [0.717, 1.165) is 0 Å². The average Bonchev–Trinajstić information content (AvgIpc) is 2.13. The highest BCUT2D eigenvalue weighted by Crippen LogP contribution is 2.47. The minimum Gasteiger partial charge on any atom is -0.376 e. The Kier molecular flexibility index (Phi) is 5.54. The van der Waals surface area contributed by atoms with Crippen molar-refractivity contribution >= 4 is 46.7 Å². The van der Waals surface area contributed by atoms with Crippen LogP contribution < -0.4 is 11.3 Å². The lowest BCUT2D eigenvalue weighted by Crippen LogP contribution is -2.56. The van der Waals surface area contributed by atoms with Gasteiger partial charge in [0.2, 0.25) is 10.7 Å². The summed E-state index contributed by atoms with van der Waals surface area (Å²) in [7, 11) is 0. The minimum atomic E-state index is -4.66. The van der Waals surface area contributed by atoms with Crippen LogP contribution in [0.15, 0.2) is 4.99 Å². The van der Waals surface area contributed by atoms with Gasteiger partial charge in [-0.1, -0.05) is 0 Å². The van der Waals surface area contributed by atoms with Gasteiger partial charge in [-0.3, -0.25) is 5.43 Å². The van der Waals surface area contributed by atoms with E-state index in [1.54, 1.807) is 0 Å². The maximum atomic E-state index is 12.7. The number of nitrogens with one attached hydrogen (secondary N) is 1. The number of halogens is 6. The van der Waals surface area contributed by atoms with Gasteiger partial charge in [0.15, 0.2) is 0 Å². The lowest BCUT2D eigenvalue weighted by molar-refractivity contribution is -0.212. The third kappa shape index (κ3) is 4.18. The Morgan fingerprint density at radius 1 is 1.35 bits per heavy atom. The van der Waals surface area contributed by atoms with Crippen LogP contribution >= 0.6 is 35.4 Å². The molecule has 0 atom stereocenters. The molecule has 0 aromatic heterocycles. The Labute approximate surface area is 109 Å². The quantitative estimate of drug-likeness (QED) is 0.184. The first kappa shape index (κ1) is 16.8. The van der Waals surface area contributed by atoms with Crippen LogP contribution in [-0.2, 0) is 0 Å². The highest BCUT2D eigenvalue weighted by molar-refractivity contribution is 7.80. The fraction of sp³-hybridized carbons (Fsp3) is 0.667. The van der Waals surface area contributed by atoms with Crippen molar-refractivity contribution in [3.05, 3.63) is 0 Å². The van der Waals surface area contributed by atoms with Crippen molar-refractivity contribution in [3.8, 4) is 0 Å². The van der Waals surface area contributed by atoms with Gasteiger partial charge in [0.1, 0.15) is 0 Å². The van der Waals surface area contributed by atoms with Crippen molar-refractivity contribution in [1.82, 2.24) is 5.43 Å². The van der Waals surface area contributed by atoms with Crippen LogP contribution in [0, 0.1) is 0 Å². The molecule has 0 aromatic carbocycles. The summed E-state index contributed by atoms with van der Waals surface area (Å²) < 4.78 is 50.8. The number of aliphatic imine (C=N–C) groups is 1. The van der Waals surface area contributed by atoms with Crippen molar-refractivity contribution in [2.24, 2.45) is 10.8 Å². The molecule has 0 spiro atoms. The third-order valence-corrected chi connectivity index (χ3v) is 2.51. The Morgan fingerprint density at radius 3 is 2.06 bits per heavy atom. The molecule has 0 aromatic rings. The second-order valence-electron chi connectivity index (χ2n) is 2.82. The van der Waals surface area contributed by atoms with Gasteiger partial charge in [-0.15, -0.1) is 0 Å². The van der Waals surface area contributed by atoms with Gasteiger partial charge in [0, 0.05) is 12.6 Å². The molecule has 100 valence electrons. The molecule has 0 saturated carbocycles. The van der Waals surface area contributed by atoms with Crippen molar-refractivity contribution in [1.29, 1.82) is 0 Å². The molecule has 4 nitrogen and oxygen atoms in total. The van der Waals surface area contributed by atoms with Crippen LogP contribution in [0.25, 0.3) is 0 Å². The lowest BCUT2D eigenvalue weighted by atomic mass is 10.0. The summed E-state index contributed by atoms with van der Waals surface area (Å²) in [5.41, 5.74) is -2.16. The Hall–Kier alpha value is -0.220. The van der Waals surface area contributed by atoms with E-state index in [9.17, 15) is 17.6 Å². The number of alkyl halides is 6. The summed E-state index contributed by atoms with van der Waals surface area (Å²) in [6.45, 7) is 0. The van der Waals surface area contributed by atoms with Crippen molar-refractivity contribution < 1.29 is 22.7 Å². The Bertz CT molecular complexity index is 303. The third-order valence-electron chi connectivity index (χ3n) is 1.66. The fourth-order valence-corrected chi connectivity index (χ4v) is 1.20. The predicted molar refractivity (Wildman–Crippen MR) is 59.6 cm³/mol. The zero-order valence-electron chi connectivity index (χ0n) is 7.93. The predicted octanol–water partition coefficient (Wildman–Crippen LogP) is 1.59. The van der Waals surface area contributed by atoms with Gasteiger partial charge < -0.3 is 5.11 Å². The molecule has 0 saturated heterocycles. The van der Waals surface area contributed by atoms with E-state index in [1.807, 2.05) is 5.43 Å². The van der Waals surface area contributed by atoms with E-state index in [2.05, 4.69) is 40.4 Å². The van der Waals surface area contributed by atoms with Crippen molar-refractivity contribution in [2.75, 3.05) is 0 Å². The van der Waals surface area contributed by atoms with E-state index in [-0.39, 0.29) is 5.11 Å². The van der Waals surface area contributed by atoms with Gasteiger partial charge in [0.25, 0.3) is 0 Å². The number of hydrazine groups is 1. The van der Waals surface area contributed by atoms with E-state index in [1.165, 1.54) is 0 Å². The monoisotopic (exact) mass is 315 g/mol. The minimum absolute atomic E-state index is 0.358. The molecule has 17 heavy (non-hydrogen) atoms. The number of hydrogen-bond acceptors (Lipinski definition) is 3. The van der Waals surface area contributed by atoms with Crippen molar-refractivity contribution in [3.63, 3.8) is 0 Å². The Morgan fingerprint density at radius 2 is 1.76 bits per heavy atom. The first-order chi connectivity index (χ1) is 7.45. The van der Waals surface area contributed by atoms with E-state index in [0.29, 0.717) is 6.21 Å². The molecule has 0 fully saturated rings. The zero-order chi connectivity index (χ0) is 13.9. The summed E-state index contributed by atoms with van der Waals surface area (Å²) >= 11 is 13.2. The number of hydrogen-bond donors (Lipinski definition) is 3. The standard InChI is InChI=1S/C6H7Cl2F4N3OS/c7-5(9,10)4(16,6(8,11)12)1-2-14-3(17)15-13/h2,16H,1,13H2,(H,15,17)/b14-2+. The maximum absolute atomic E-state index is 12.7. The summed E-state index contributed by atoms with van der Waals surface area (Å²) in [5.74, 6) is 4.78. The number of thiocarbonyl (C=S) groups is 1. The van der Waals surface area contributed by atoms with Crippen LogP contribution in [0.5, 0.6) is 0 Å². The molecule has 0 unspecified atom stereocenters. The van der Waals surface area contributed by atoms with Crippen LogP contribution in [0.3, 0.4) is 0 Å². The first-order valence-electron chi connectivity index (χ1n) is 3.84. The summed E-state index contributed by atoms with van der Waals surface area (Å²) in [6.07, 6.45) is -0.837. The van der Waals surface area contributed by atoms with Crippen LogP contribution in [-0.4, -0.2) is 32.8 Å². The normalized spacial score (nSPS) is 14.1. The van der Waals surface area contributed by atoms with Crippen LogP contribution in [0.2, 0.25) is 0 Å². The first-order valence-corrected chi connectivity index (χ1v) is 5.01. The maximum Gasteiger partial charge on any atom is 0.357 e. The molecule has 0 aliphatic rings. The van der Waals surface area contributed by atoms with Gasteiger partial charge in [0.05, 0.1) is 0 Å². The van der Waals surface area contributed by atoms with E-state index >= 15 is 0 Å². The van der Waals surface area contributed by atoms with Crippen LogP contribution in [0.1, 0.15) is 6.42 Å². The highest BCUT2D eigenvalue weighted by atomic mass is 35.5. The average molecular weight is 316 g/mol. The van der Waals surface area contributed by atoms with E-state index in [4.69, 9.17) is 10.9 Å². The highest BCUT2D eigenvalue weighted by Gasteiger charge is 2.66. The molecule has 0 radical (unpaired) electrons. The largest absolute Gasteiger partial charge is 0.376 e. The van der Waals surface area contributed by atoms with Gasteiger partial charge >= 0.3 is 10.8 Å². The van der Waals surface area contributed by atoms with E-state index < -0.39 is 22.8 Å². The van der Waals surface area contributed by atoms with Gasteiger partial charge in [-0.25, -0.2) is 10.8 Å². The second-order valence-corrected chi connectivity index (χ2v) is 4.16. The van der Waals surface area contributed by atoms with Crippen molar-refractivity contribution in [2.45, 2.75) is 22.8 Å². The van der Waals surface area contributed by atoms with Gasteiger partial charge in [-0.2, -0.15) is 17.6 Å². The van der Waals surface area contributed by atoms with Gasteiger partial charge in [-0.05, 0) is 35.4 Å². The topological polar surface area (TPSA) is 70.6 Å². The number of aliphatic hydroxyl groups is 1. The molecule has 0 aliphatic carbocycles. The molecule has 0 bridgehead atoms. The molecule has 0 heterocycles. The molecule has 0 rings (SSSR count). The molecular weight excluding hydrogens is 309 g/mol. The number of nitrogens with zero attached hydrogens (tertiary/aromatic N) is 1. The summed E-state index contributed by atoms with van der Waals surface area (Å²) in [6, 6.07) is 0. The number of rotatable bonds is 4. The summed E-state index contributed by atoms with van der Waals surface area (Å²) in [4.78, 5) is 3.18. The lowest BCUT2D eigenvalue weighted by Gasteiger charge is -2.33. The van der Waals surface area contributed by atoms with Crippen LogP contribution in [0.4, 0.5) is 17.6 Å². The Balaban J connectivity index is 5.01. The fourth-order valence-electron chi connectivity index (χ4n) is 0.690. The smallest absolute Gasteiger partial charge is 0.357 e. The SMILES string of the molecule is NNC(=S)/N=C/CC(O)(C(F)(F)Cl)C(F)(F)Cl. The molecule has 0 amide bonds. The number of nitrogens with two attached hydrogens (primary N) is 1. The molecule has 4 N–H and O–H groups in total. The zero-order valence-corrected chi connectivity index (χ0v) is 10.3. The summed E-state index contributed by atoms with van der Waals surface area (Å²) in [5, 5.41) is -0.568.